The van der Waals surface area contributed by atoms with Gasteiger partial charge in [-0.2, -0.15) is 18.3 Å². The Balaban J connectivity index is 2.30. The summed E-state index contributed by atoms with van der Waals surface area (Å²) >= 11 is 9.00. The van der Waals surface area contributed by atoms with Crippen LogP contribution in [0, 0.1) is 5.82 Å². The minimum atomic E-state index is -4.89. The smallest absolute Gasteiger partial charge is 0.391 e. The highest BCUT2D eigenvalue weighted by Gasteiger charge is 2.41. The van der Waals surface area contributed by atoms with Crippen LogP contribution in [-0.2, 0) is 12.7 Å². The van der Waals surface area contributed by atoms with Crippen molar-refractivity contribution in [1.82, 2.24) is 14.9 Å². The number of nitrogens with zero attached hydrogens (tertiary/aromatic N) is 3. The lowest BCUT2D eigenvalue weighted by Crippen LogP contribution is -2.21. The molecule has 0 aliphatic rings. The highest BCUT2D eigenvalue weighted by atomic mass is 79.9. The van der Waals surface area contributed by atoms with Gasteiger partial charge < -0.3 is 9.63 Å². The zero-order chi connectivity index (χ0) is 22.2. The molecule has 0 amide bonds. The lowest BCUT2D eigenvalue weighted by Gasteiger charge is -2.13. The molecule has 30 heavy (non-hydrogen) atoms. The van der Waals surface area contributed by atoms with Gasteiger partial charge >= 0.3 is 6.18 Å². The van der Waals surface area contributed by atoms with Crippen LogP contribution in [0.25, 0.3) is 22.6 Å². The first-order valence-electron chi connectivity index (χ1n) is 8.40. The number of rotatable bonds is 6. The molecule has 0 unspecified atom stereocenters. The van der Waals surface area contributed by atoms with Crippen molar-refractivity contribution in [2.45, 2.75) is 25.7 Å². The van der Waals surface area contributed by atoms with E-state index in [1.807, 2.05) is 0 Å². The van der Waals surface area contributed by atoms with Crippen molar-refractivity contribution in [3.05, 3.63) is 46.5 Å². The molecule has 1 aromatic carbocycles. The molecule has 0 aliphatic carbocycles. The molecule has 2 heterocycles. The van der Waals surface area contributed by atoms with Gasteiger partial charge in [0.2, 0.25) is 0 Å². The summed E-state index contributed by atoms with van der Waals surface area (Å²) in [7, 11) is 0. The van der Waals surface area contributed by atoms with Crippen molar-refractivity contribution < 1.29 is 32.0 Å². The van der Waals surface area contributed by atoms with Gasteiger partial charge in [0.25, 0.3) is 0 Å². The molecule has 1 N–H and O–H groups in total. The van der Waals surface area contributed by atoms with Crippen molar-refractivity contribution in [2.24, 2.45) is 0 Å². The van der Waals surface area contributed by atoms with Crippen LogP contribution in [-0.4, -0.2) is 37.3 Å². The predicted molar refractivity (Wildman–Crippen MR) is 103 cm³/mol. The van der Waals surface area contributed by atoms with Crippen LogP contribution in [0.5, 0.6) is 0 Å². The third-order valence-corrected chi connectivity index (χ3v) is 4.91. The predicted octanol–water partition coefficient (Wildman–Crippen LogP) is 4.97. The highest BCUT2D eigenvalue weighted by molar-refractivity contribution is 9.09. The summed E-state index contributed by atoms with van der Waals surface area (Å²) in [5.41, 5.74) is -2.79. The minimum Gasteiger partial charge on any atom is -0.391 e. The van der Waals surface area contributed by atoms with Gasteiger partial charge in [-0.1, -0.05) is 38.8 Å². The SMILES string of the molecule is C[C@@H](O)Cn1ncc(-c2onc(-c3c(F)cccc3Cl)c2C(=O)CBr)c1C(F)(F)F. The standard InChI is InChI=1S/C18H13BrClF4N3O3/c1-8(28)7-27-17(18(22,23)24)9(6-25-27)16-14(12(29)5-19)15(26-30-16)13-10(20)3-2-4-11(13)21/h2-4,6,8,28H,5,7H2,1H3/t8-/m1/s1. The Morgan fingerprint density at radius 3 is 2.67 bits per heavy atom. The normalized spacial score (nSPS) is 12.9. The molecular weight excluding hydrogens is 498 g/mol. The van der Waals surface area contributed by atoms with E-state index >= 15 is 0 Å². The fourth-order valence-electron chi connectivity index (χ4n) is 2.93. The van der Waals surface area contributed by atoms with Gasteiger partial charge in [0.05, 0.1) is 45.9 Å². The number of benzene rings is 1. The molecule has 0 aliphatic heterocycles. The van der Waals surface area contributed by atoms with Crippen molar-refractivity contribution in [3.63, 3.8) is 0 Å². The molecule has 0 fully saturated rings. The van der Waals surface area contributed by atoms with Crippen LogP contribution >= 0.6 is 27.5 Å². The summed E-state index contributed by atoms with van der Waals surface area (Å²) in [6.45, 7) is 0.852. The summed E-state index contributed by atoms with van der Waals surface area (Å²) in [6, 6.07) is 3.74. The van der Waals surface area contributed by atoms with Crippen LogP contribution in [0.4, 0.5) is 17.6 Å². The fourth-order valence-corrected chi connectivity index (χ4v) is 3.47. The van der Waals surface area contributed by atoms with Gasteiger partial charge in [0.15, 0.2) is 17.2 Å². The summed E-state index contributed by atoms with van der Waals surface area (Å²) < 4.78 is 61.4. The lowest BCUT2D eigenvalue weighted by molar-refractivity contribution is -0.144. The van der Waals surface area contributed by atoms with E-state index in [9.17, 15) is 27.5 Å². The maximum Gasteiger partial charge on any atom is 0.433 e. The van der Waals surface area contributed by atoms with Crippen LogP contribution < -0.4 is 0 Å². The van der Waals surface area contributed by atoms with Crippen molar-refractivity contribution >= 4 is 33.3 Å². The molecule has 1 atom stereocenters. The summed E-state index contributed by atoms with van der Waals surface area (Å²) in [5, 5.41) is 16.4. The molecule has 160 valence electrons. The molecule has 2 aromatic heterocycles. The Morgan fingerprint density at radius 2 is 2.10 bits per heavy atom. The zero-order valence-electron chi connectivity index (χ0n) is 15.2. The Kier molecular flexibility index (Phi) is 6.34. The second-order valence-corrected chi connectivity index (χ2v) is 7.29. The first-order valence-corrected chi connectivity index (χ1v) is 9.90. The van der Waals surface area contributed by atoms with Crippen molar-refractivity contribution in [2.75, 3.05) is 5.33 Å². The van der Waals surface area contributed by atoms with Gasteiger partial charge in [0.1, 0.15) is 11.5 Å². The molecule has 12 heteroatoms. The number of Topliss-reactive ketones (excluding diaryl/α,β-unsaturated/α-hetero) is 1. The third-order valence-electron chi connectivity index (χ3n) is 4.08. The lowest BCUT2D eigenvalue weighted by atomic mass is 9.99. The van der Waals surface area contributed by atoms with Gasteiger partial charge in [-0.25, -0.2) is 4.39 Å². The van der Waals surface area contributed by atoms with Gasteiger partial charge in [0, 0.05) is 0 Å². The van der Waals surface area contributed by atoms with E-state index in [1.165, 1.54) is 19.1 Å². The number of halogens is 6. The summed E-state index contributed by atoms with van der Waals surface area (Å²) in [5.74, 6) is -2.05. The number of carbonyl (C=O) groups excluding carboxylic acids is 1. The van der Waals surface area contributed by atoms with E-state index in [-0.39, 0.29) is 27.2 Å². The average molecular weight is 511 g/mol. The number of carbonyl (C=O) groups is 1. The van der Waals surface area contributed by atoms with Crippen molar-refractivity contribution in [1.29, 1.82) is 0 Å². The molecule has 0 spiro atoms. The maximum atomic E-state index is 14.4. The quantitative estimate of drug-likeness (QED) is 0.288. The monoisotopic (exact) mass is 509 g/mol. The van der Waals surface area contributed by atoms with Crippen LogP contribution in [0.2, 0.25) is 5.02 Å². The number of hydrogen-bond acceptors (Lipinski definition) is 5. The Hall–Kier alpha value is -2.24. The fraction of sp³-hybridized carbons (Fsp3) is 0.278. The molecule has 3 aromatic rings. The molecule has 3 rings (SSSR count). The Morgan fingerprint density at radius 1 is 1.40 bits per heavy atom. The van der Waals surface area contributed by atoms with E-state index in [0.717, 1.165) is 12.3 Å². The van der Waals surface area contributed by atoms with Crippen molar-refractivity contribution in [3.8, 4) is 22.6 Å². The summed E-state index contributed by atoms with van der Waals surface area (Å²) in [6.07, 6.45) is -5.16. The van der Waals surface area contributed by atoms with E-state index < -0.39 is 47.4 Å². The second-order valence-electron chi connectivity index (χ2n) is 6.32. The van der Waals surface area contributed by atoms with Gasteiger partial charge in [-0.3, -0.25) is 9.48 Å². The van der Waals surface area contributed by atoms with E-state index in [0.29, 0.717) is 4.68 Å². The van der Waals surface area contributed by atoms with E-state index in [2.05, 4.69) is 26.2 Å². The topological polar surface area (TPSA) is 81.2 Å². The maximum absolute atomic E-state index is 14.4. The van der Waals surface area contributed by atoms with Gasteiger partial charge in [-0.15, -0.1) is 0 Å². The van der Waals surface area contributed by atoms with Crippen LogP contribution in [0.3, 0.4) is 0 Å². The molecule has 0 saturated heterocycles. The number of aromatic nitrogens is 3. The van der Waals surface area contributed by atoms with Crippen LogP contribution in [0.1, 0.15) is 23.0 Å². The first-order chi connectivity index (χ1) is 14.1. The number of aliphatic hydroxyl groups excluding tert-OH is 1. The van der Waals surface area contributed by atoms with Gasteiger partial charge in [-0.05, 0) is 19.1 Å². The summed E-state index contributed by atoms with van der Waals surface area (Å²) in [4.78, 5) is 12.6. The highest BCUT2D eigenvalue weighted by Crippen LogP contribution is 2.42. The number of alkyl halides is 4. The Labute approximate surface area is 180 Å². The number of aliphatic hydroxyl groups is 1. The number of hydrogen-bond donors (Lipinski definition) is 1. The Bertz CT molecular complexity index is 1070. The van der Waals surface area contributed by atoms with E-state index in [4.69, 9.17) is 16.1 Å². The molecule has 6 nitrogen and oxygen atoms in total. The minimum absolute atomic E-state index is 0.0979. The molecule has 0 saturated carbocycles. The zero-order valence-corrected chi connectivity index (χ0v) is 17.5. The molecule has 0 bridgehead atoms. The third kappa shape index (κ3) is 4.14. The first kappa shape index (κ1) is 22.4. The molecule has 0 radical (unpaired) electrons. The van der Waals surface area contributed by atoms with E-state index in [1.54, 1.807) is 0 Å². The van der Waals surface area contributed by atoms with Crippen LogP contribution in [0.15, 0.2) is 28.9 Å². The largest absolute Gasteiger partial charge is 0.433 e. The number of ketones is 1. The molecular formula is C18H13BrClF4N3O3. The second kappa shape index (κ2) is 8.48. The average Bonchev–Trinajstić information content (AvgIpc) is 3.24.